The van der Waals surface area contributed by atoms with E-state index in [2.05, 4.69) is 0 Å². The van der Waals surface area contributed by atoms with E-state index in [0.717, 1.165) is 4.90 Å². The van der Waals surface area contributed by atoms with Crippen LogP contribution in [0.3, 0.4) is 0 Å². The summed E-state index contributed by atoms with van der Waals surface area (Å²) in [5.41, 5.74) is -0.0176. The van der Waals surface area contributed by atoms with Gasteiger partial charge in [0.25, 0.3) is 5.92 Å². The largest absolute Gasteiger partial charge is 0.465 e. The maximum absolute atomic E-state index is 13.9. The Morgan fingerprint density at radius 1 is 1.47 bits per heavy atom. The molecular weight excluding hydrogens is 258 g/mol. The smallest absolute Gasteiger partial charge is 0.407 e. The SMILES string of the molecule is Cn1cc(C2CN(C(=O)O)CCC2(F)F)ccc1=O. The third kappa shape index (κ3) is 2.59. The van der Waals surface area contributed by atoms with E-state index >= 15 is 0 Å². The van der Waals surface area contributed by atoms with Crippen LogP contribution in [0.1, 0.15) is 17.9 Å². The number of halogens is 2. The van der Waals surface area contributed by atoms with Gasteiger partial charge in [-0.15, -0.1) is 0 Å². The molecule has 1 aliphatic heterocycles. The van der Waals surface area contributed by atoms with E-state index in [1.807, 2.05) is 0 Å². The number of pyridine rings is 1. The summed E-state index contributed by atoms with van der Waals surface area (Å²) in [5, 5.41) is 8.90. The van der Waals surface area contributed by atoms with Crippen LogP contribution in [0, 0.1) is 0 Å². The van der Waals surface area contributed by atoms with Crippen molar-refractivity contribution in [1.82, 2.24) is 9.47 Å². The van der Waals surface area contributed by atoms with Gasteiger partial charge in [-0.2, -0.15) is 0 Å². The van der Waals surface area contributed by atoms with Crippen molar-refractivity contribution in [3.05, 3.63) is 34.2 Å². The average Bonchev–Trinajstić information content (AvgIpc) is 2.32. The van der Waals surface area contributed by atoms with Crippen molar-refractivity contribution in [2.24, 2.45) is 7.05 Å². The van der Waals surface area contributed by atoms with Crippen LogP contribution in [0.5, 0.6) is 0 Å². The molecule has 104 valence electrons. The molecule has 0 spiro atoms. The van der Waals surface area contributed by atoms with E-state index in [1.54, 1.807) is 0 Å². The molecule has 0 saturated carbocycles. The first-order valence-corrected chi connectivity index (χ1v) is 5.83. The Labute approximate surface area is 108 Å². The fourth-order valence-electron chi connectivity index (χ4n) is 2.25. The Hall–Kier alpha value is -1.92. The van der Waals surface area contributed by atoms with Gasteiger partial charge in [-0.3, -0.25) is 4.79 Å². The molecule has 0 bridgehead atoms. The summed E-state index contributed by atoms with van der Waals surface area (Å²) in [4.78, 5) is 23.1. The first-order chi connectivity index (χ1) is 8.81. The summed E-state index contributed by atoms with van der Waals surface area (Å²) >= 11 is 0. The lowest BCUT2D eigenvalue weighted by Crippen LogP contribution is -2.47. The lowest BCUT2D eigenvalue weighted by Gasteiger charge is -2.37. The number of nitrogens with zero attached hydrogens (tertiary/aromatic N) is 2. The van der Waals surface area contributed by atoms with E-state index in [1.165, 1.54) is 29.9 Å². The minimum atomic E-state index is -2.97. The Balaban J connectivity index is 2.35. The van der Waals surface area contributed by atoms with Gasteiger partial charge in [0, 0.05) is 38.8 Å². The minimum absolute atomic E-state index is 0.176. The predicted octanol–water partition coefficient (Wildman–Crippen LogP) is 1.49. The molecule has 0 aromatic carbocycles. The summed E-state index contributed by atoms with van der Waals surface area (Å²) in [7, 11) is 1.47. The van der Waals surface area contributed by atoms with Crippen molar-refractivity contribution in [3.8, 4) is 0 Å². The number of carboxylic acid groups (broad SMARTS) is 1. The van der Waals surface area contributed by atoms with Crippen molar-refractivity contribution >= 4 is 6.09 Å². The topological polar surface area (TPSA) is 62.5 Å². The molecule has 1 amide bonds. The van der Waals surface area contributed by atoms with Crippen molar-refractivity contribution in [2.75, 3.05) is 13.1 Å². The molecule has 19 heavy (non-hydrogen) atoms. The van der Waals surface area contributed by atoms with Crippen LogP contribution < -0.4 is 5.56 Å². The fourth-order valence-corrected chi connectivity index (χ4v) is 2.25. The van der Waals surface area contributed by atoms with E-state index in [0.29, 0.717) is 0 Å². The highest BCUT2D eigenvalue weighted by molar-refractivity contribution is 5.65. The normalized spacial score (nSPS) is 22.3. The number of rotatable bonds is 1. The van der Waals surface area contributed by atoms with Gasteiger partial charge in [-0.1, -0.05) is 6.07 Å². The van der Waals surface area contributed by atoms with Crippen LogP contribution >= 0.6 is 0 Å². The number of aryl methyl sites for hydroxylation is 1. The first-order valence-electron chi connectivity index (χ1n) is 5.83. The van der Waals surface area contributed by atoms with Crippen LogP contribution in [0.25, 0.3) is 0 Å². The van der Waals surface area contributed by atoms with E-state index in [-0.39, 0.29) is 24.2 Å². The van der Waals surface area contributed by atoms with E-state index in [9.17, 15) is 18.4 Å². The van der Waals surface area contributed by atoms with Crippen molar-refractivity contribution in [1.29, 1.82) is 0 Å². The van der Waals surface area contributed by atoms with Gasteiger partial charge in [0.1, 0.15) is 0 Å². The zero-order chi connectivity index (χ0) is 14.2. The highest BCUT2D eigenvalue weighted by atomic mass is 19.3. The zero-order valence-corrected chi connectivity index (χ0v) is 10.3. The van der Waals surface area contributed by atoms with Crippen LogP contribution in [0.4, 0.5) is 13.6 Å². The number of piperidine rings is 1. The van der Waals surface area contributed by atoms with Gasteiger partial charge in [-0.25, -0.2) is 13.6 Å². The summed E-state index contributed by atoms with van der Waals surface area (Å²) in [6.07, 6.45) is -0.371. The van der Waals surface area contributed by atoms with Gasteiger partial charge in [-0.05, 0) is 5.56 Å². The summed E-state index contributed by atoms with van der Waals surface area (Å²) in [6, 6.07) is 2.55. The van der Waals surface area contributed by atoms with Crippen LogP contribution in [0.2, 0.25) is 0 Å². The summed E-state index contributed by atoms with van der Waals surface area (Å²) in [5.74, 6) is -4.19. The predicted molar refractivity (Wildman–Crippen MR) is 63.6 cm³/mol. The number of likely N-dealkylation sites (tertiary alicyclic amines) is 1. The molecule has 1 N–H and O–H groups in total. The van der Waals surface area contributed by atoms with E-state index in [4.69, 9.17) is 5.11 Å². The van der Waals surface area contributed by atoms with Crippen molar-refractivity contribution < 1.29 is 18.7 Å². The monoisotopic (exact) mass is 272 g/mol. The zero-order valence-electron chi connectivity index (χ0n) is 10.3. The molecule has 1 aliphatic rings. The van der Waals surface area contributed by atoms with Gasteiger partial charge >= 0.3 is 6.09 Å². The second-order valence-corrected chi connectivity index (χ2v) is 4.70. The maximum atomic E-state index is 13.9. The Morgan fingerprint density at radius 2 is 2.16 bits per heavy atom. The highest BCUT2D eigenvalue weighted by Gasteiger charge is 2.46. The number of aromatic nitrogens is 1. The average molecular weight is 272 g/mol. The standard InChI is InChI=1S/C12H14F2N2O3/c1-15-6-8(2-3-10(15)17)9-7-16(11(18)19)5-4-12(9,13)14/h2-3,6,9H,4-5,7H2,1H3,(H,18,19). The van der Waals surface area contributed by atoms with Crippen LogP contribution in [-0.4, -0.2) is 39.7 Å². The minimum Gasteiger partial charge on any atom is -0.465 e. The maximum Gasteiger partial charge on any atom is 0.407 e. The molecule has 1 saturated heterocycles. The van der Waals surface area contributed by atoms with Crippen molar-refractivity contribution in [2.45, 2.75) is 18.3 Å². The van der Waals surface area contributed by atoms with Gasteiger partial charge in [0.15, 0.2) is 0 Å². The highest BCUT2D eigenvalue weighted by Crippen LogP contribution is 2.39. The summed E-state index contributed by atoms with van der Waals surface area (Å²) in [6.45, 7) is -0.439. The number of hydrogen-bond acceptors (Lipinski definition) is 2. The molecule has 5 nitrogen and oxygen atoms in total. The number of amides is 1. The van der Waals surface area contributed by atoms with Crippen LogP contribution in [0.15, 0.2) is 23.1 Å². The second-order valence-electron chi connectivity index (χ2n) is 4.70. The molecule has 2 rings (SSSR count). The Kier molecular flexibility index (Phi) is 3.30. The van der Waals surface area contributed by atoms with E-state index < -0.39 is 24.4 Å². The lowest BCUT2D eigenvalue weighted by atomic mass is 9.88. The number of alkyl halides is 2. The fraction of sp³-hybridized carbons (Fsp3) is 0.500. The molecule has 1 unspecified atom stereocenters. The van der Waals surface area contributed by atoms with Gasteiger partial charge in [0.05, 0.1) is 5.92 Å². The van der Waals surface area contributed by atoms with Crippen molar-refractivity contribution in [3.63, 3.8) is 0 Å². The number of hydrogen-bond donors (Lipinski definition) is 1. The molecule has 1 aromatic rings. The molecule has 0 radical (unpaired) electrons. The Bertz CT molecular complexity index is 556. The molecule has 1 fully saturated rings. The van der Waals surface area contributed by atoms with Gasteiger partial charge in [0.2, 0.25) is 5.56 Å². The third-order valence-corrected chi connectivity index (χ3v) is 3.41. The number of carbonyl (C=O) groups is 1. The molecular formula is C12H14F2N2O3. The first kappa shape index (κ1) is 13.5. The molecule has 2 heterocycles. The van der Waals surface area contributed by atoms with Crippen LogP contribution in [-0.2, 0) is 7.05 Å². The molecule has 1 atom stereocenters. The Morgan fingerprint density at radius 3 is 2.74 bits per heavy atom. The molecule has 7 heteroatoms. The molecule has 0 aliphatic carbocycles. The lowest BCUT2D eigenvalue weighted by molar-refractivity contribution is -0.0706. The second kappa shape index (κ2) is 4.64. The molecule has 1 aromatic heterocycles. The third-order valence-electron chi connectivity index (χ3n) is 3.41. The quantitative estimate of drug-likeness (QED) is 0.842. The van der Waals surface area contributed by atoms with Gasteiger partial charge < -0.3 is 14.6 Å². The summed E-state index contributed by atoms with van der Waals surface area (Å²) < 4.78 is 29.0.